The summed E-state index contributed by atoms with van der Waals surface area (Å²) in [5, 5.41) is 2.89. The second-order valence-electron chi connectivity index (χ2n) is 7.50. The Hall–Kier alpha value is -2.12. The molecule has 1 aromatic carbocycles. The van der Waals surface area contributed by atoms with Crippen LogP contribution in [0.25, 0.3) is 0 Å². The van der Waals surface area contributed by atoms with Crippen LogP contribution in [0.15, 0.2) is 35.3 Å². The first kappa shape index (κ1) is 18.3. The number of hydrogen-bond acceptors (Lipinski definition) is 5. The largest absolute Gasteiger partial charge is 0.302 e. The summed E-state index contributed by atoms with van der Waals surface area (Å²) in [6.45, 7) is 2.90. The van der Waals surface area contributed by atoms with E-state index >= 15 is 0 Å². The summed E-state index contributed by atoms with van der Waals surface area (Å²) in [6, 6.07) is 10.8. The monoisotopic (exact) mass is 384 g/mol. The number of benzene rings is 1. The molecule has 2 heterocycles. The molecule has 1 aliphatic carbocycles. The Balaban J connectivity index is 1.31. The van der Waals surface area contributed by atoms with Crippen LogP contribution in [0.2, 0.25) is 0 Å². The van der Waals surface area contributed by atoms with Gasteiger partial charge >= 0.3 is 0 Å². The summed E-state index contributed by atoms with van der Waals surface area (Å²) in [5.74, 6) is -1.43. The minimum atomic E-state index is -0.848. The van der Waals surface area contributed by atoms with E-state index in [2.05, 4.69) is 39.5 Å². The van der Waals surface area contributed by atoms with Gasteiger partial charge in [0.1, 0.15) is 0 Å². The third-order valence-electron chi connectivity index (χ3n) is 5.40. The maximum Gasteiger partial charge on any atom is 0.247 e. The predicted molar refractivity (Wildman–Crippen MR) is 107 cm³/mol. The van der Waals surface area contributed by atoms with Gasteiger partial charge in [-0.1, -0.05) is 30.3 Å². The van der Waals surface area contributed by atoms with Gasteiger partial charge in [-0.05, 0) is 43.5 Å². The van der Waals surface area contributed by atoms with Gasteiger partial charge in [-0.15, -0.1) is 0 Å². The molecule has 0 spiro atoms. The molecule has 4 rings (SSSR count). The molecular formula is C20H24N4O2S. The van der Waals surface area contributed by atoms with Crippen LogP contribution in [0, 0.1) is 5.92 Å². The van der Waals surface area contributed by atoms with Crippen molar-refractivity contribution in [2.75, 3.05) is 13.1 Å². The minimum Gasteiger partial charge on any atom is -0.302 e. The molecule has 0 radical (unpaired) electrons. The zero-order valence-electron chi connectivity index (χ0n) is 15.2. The molecule has 1 aromatic rings. The third kappa shape index (κ3) is 4.25. The van der Waals surface area contributed by atoms with E-state index in [1.165, 1.54) is 5.56 Å². The lowest BCUT2D eigenvalue weighted by atomic mass is 10.0. The van der Waals surface area contributed by atoms with Crippen molar-refractivity contribution in [2.45, 2.75) is 44.3 Å². The summed E-state index contributed by atoms with van der Waals surface area (Å²) in [6.07, 6.45) is 5.33. The van der Waals surface area contributed by atoms with Crippen LogP contribution in [-0.2, 0) is 16.1 Å². The van der Waals surface area contributed by atoms with E-state index in [0.29, 0.717) is 0 Å². The van der Waals surface area contributed by atoms with Crippen molar-refractivity contribution < 1.29 is 9.59 Å². The highest BCUT2D eigenvalue weighted by atomic mass is 32.1. The van der Waals surface area contributed by atoms with Crippen molar-refractivity contribution in [3.8, 4) is 0 Å². The van der Waals surface area contributed by atoms with Gasteiger partial charge in [0.2, 0.25) is 11.8 Å². The van der Waals surface area contributed by atoms with Crippen LogP contribution in [0.4, 0.5) is 0 Å². The number of thiocarbonyl (C=S) groups is 1. The number of hydrogen-bond donors (Lipinski definition) is 1. The van der Waals surface area contributed by atoms with Crippen LogP contribution in [0.1, 0.15) is 31.2 Å². The molecule has 2 amide bonds. The molecule has 3 aliphatic rings. The van der Waals surface area contributed by atoms with Crippen molar-refractivity contribution >= 4 is 35.4 Å². The van der Waals surface area contributed by atoms with Gasteiger partial charge in [0.05, 0.1) is 6.04 Å². The van der Waals surface area contributed by atoms with Gasteiger partial charge in [-0.25, -0.2) is 0 Å². The molecule has 27 heavy (non-hydrogen) atoms. The van der Waals surface area contributed by atoms with Gasteiger partial charge in [0, 0.05) is 31.9 Å². The summed E-state index contributed by atoms with van der Waals surface area (Å²) in [4.78, 5) is 33.4. The summed E-state index contributed by atoms with van der Waals surface area (Å²) in [7, 11) is 0. The quantitative estimate of drug-likeness (QED) is 0.477. The number of carbonyl (C=O) groups is 2. The topological polar surface area (TPSA) is 65.0 Å². The number of rotatable bonds is 5. The van der Waals surface area contributed by atoms with E-state index in [4.69, 9.17) is 12.2 Å². The second kappa shape index (κ2) is 7.86. The molecule has 6 nitrogen and oxygen atoms in total. The fourth-order valence-corrected chi connectivity index (χ4v) is 4.03. The molecular weight excluding hydrogens is 360 g/mol. The average molecular weight is 385 g/mol. The first-order chi connectivity index (χ1) is 13.1. The number of amides is 2. The smallest absolute Gasteiger partial charge is 0.247 e. The molecule has 0 bridgehead atoms. The van der Waals surface area contributed by atoms with E-state index in [9.17, 15) is 9.59 Å². The Morgan fingerprint density at radius 2 is 1.81 bits per heavy atom. The number of nitrogens with one attached hydrogen (secondary N) is 1. The zero-order valence-corrected chi connectivity index (χ0v) is 16.0. The molecule has 3 fully saturated rings. The maximum atomic E-state index is 12.6. The Labute approximate surface area is 164 Å². The number of piperidine rings is 1. The van der Waals surface area contributed by atoms with Gasteiger partial charge in [0.15, 0.2) is 11.0 Å². The van der Waals surface area contributed by atoms with E-state index in [1.807, 2.05) is 6.07 Å². The lowest BCUT2D eigenvalue weighted by Gasteiger charge is -2.32. The molecule has 2 aliphatic heterocycles. The molecule has 1 saturated carbocycles. The Bertz CT molecular complexity index is 755. The molecule has 1 N–H and O–H groups in total. The lowest BCUT2D eigenvalue weighted by molar-refractivity contribution is -0.138. The summed E-state index contributed by atoms with van der Waals surface area (Å²) in [5.41, 5.74) is 1.32. The highest BCUT2D eigenvalue weighted by molar-refractivity contribution is 7.80. The molecule has 142 valence electrons. The fraction of sp³-hybridized carbons (Fsp3) is 0.500. The highest BCUT2D eigenvalue weighted by Gasteiger charge is 2.44. The van der Waals surface area contributed by atoms with E-state index in [0.717, 1.165) is 45.3 Å². The number of carbonyl (C=O) groups excluding carboxylic acids is 2. The standard InChI is InChI=1S/C20H24N4O2S/c25-18-17(19(26)24(16-6-7-16)20(27)22-18)12-21-15-8-10-23(11-9-15)13-14-4-2-1-3-5-14/h1-5,12,15-17H,6-11,13H2,(H,22,25,27). The Morgan fingerprint density at radius 1 is 1.11 bits per heavy atom. The first-order valence-electron chi connectivity index (χ1n) is 9.59. The summed E-state index contributed by atoms with van der Waals surface area (Å²) < 4.78 is 0. The molecule has 1 atom stereocenters. The minimum absolute atomic E-state index is 0.155. The van der Waals surface area contributed by atoms with Crippen molar-refractivity contribution in [1.29, 1.82) is 0 Å². The van der Waals surface area contributed by atoms with Crippen LogP contribution in [-0.4, -0.2) is 58.1 Å². The van der Waals surface area contributed by atoms with Gasteiger partial charge in [-0.3, -0.25) is 24.4 Å². The van der Waals surface area contributed by atoms with Crippen molar-refractivity contribution in [2.24, 2.45) is 10.9 Å². The van der Waals surface area contributed by atoms with E-state index in [-0.39, 0.29) is 29.0 Å². The number of likely N-dealkylation sites (tertiary alicyclic amines) is 1. The average Bonchev–Trinajstić information content (AvgIpc) is 3.48. The molecule has 2 saturated heterocycles. The zero-order chi connectivity index (χ0) is 18.8. The normalized spacial score (nSPS) is 25.3. The summed E-state index contributed by atoms with van der Waals surface area (Å²) >= 11 is 5.15. The van der Waals surface area contributed by atoms with Gasteiger partial charge in [0.25, 0.3) is 0 Å². The SMILES string of the molecule is O=C1NC(=S)N(C2CC2)C(=O)C1C=NC1CCN(Cc2ccccc2)CC1. The number of aliphatic imine (C=N–C) groups is 1. The molecule has 0 aromatic heterocycles. The fourth-order valence-electron chi connectivity index (χ4n) is 3.69. The third-order valence-corrected chi connectivity index (χ3v) is 5.70. The lowest BCUT2D eigenvalue weighted by Crippen LogP contribution is -2.59. The van der Waals surface area contributed by atoms with Crippen LogP contribution >= 0.6 is 12.2 Å². The molecule has 7 heteroatoms. The van der Waals surface area contributed by atoms with Gasteiger partial charge in [-0.2, -0.15) is 0 Å². The van der Waals surface area contributed by atoms with Crippen LogP contribution < -0.4 is 5.32 Å². The second-order valence-corrected chi connectivity index (χ2v) is 7.89. The first-order valence-corrected chi connectivity index (χ1v) is 10.00. The van der Waals surface area contributed by atoms with E-state index < -0.39 is 5.92 Å². The van der Waals surface area contributed by atoms with Gasteiger partial charge < -0.3 is 5.32 Å². The van der Waals surface area contributed by atoms with E-state index in [1.54, 1.807) is 11.1 Å². The Kier molecular flexibility index (Phi) is 5.31. The van der Waals surface area contributed by atoms with Crippen molar-refractivity contribution in [3.63, 3.8) is 0 Å². The van der Waals surface area contributed by atoms with Crippen molar-refractivity contribution in [3.05, 3.63) is 35.9 Å². The maximum absolute atomic E-state index is 12.6. The van der Waals surface area contributed by atoms with Crippen molar-refractivity contribution in [1.82, 2.24) is 15.1 Å². The van der Waals surface area contributed by atoms with Crippen LogP contribution in [0.5, 0.6) is 0 Å². The Morgan fingerprint density at radius 3 is 2.48 bits per heavy atom. The van der Waals surface area contributed by atoms with Crippen LogP contribution in [0.3, 0.4) is 0 Å². The number of nitrogens with zero attached hydrogens (tertiary/aromatic N) is 3. The predicted octanol–water partition coefficient (Wildman–Crippen LogP) is 1.74. The highest BCUT2D eigenvalue weighted by Crippen LogP contribution is 2.29. The molecule has 1 unspecified atom stereocenters.